The van der Waals surface area contributed by atoms with Gasteiger partial charge in [0, 0.05) is 50.0 Å². The van der Waals surface area contributed by atoms with Gasteiger partial charge in [0.1, 0.15) is 11.4 Å². The van der Waals surface area contributed by atoms with Crippen LogP contribution in [0.15, 0.2) is 18.2 Å². The summed E-state index contributed by atoms with van der Waals surface area (Å²) in [5.41, 5.74) is 1.31. The Bertz CT molecular complexity index is 594. The third-order valence-corrected chi connectivity index (χ3v) is 4.35. The van der Waals surface area contributed by atoms with Crippen LogP contribution in [0.5, 0.6) is 5.75 Å². The van der Waals surface area contributed by atoms with Crippen LogP contribution < -0.4 is 10.2 Å². The number of phenols is 1. The smallest absolute Gasteiger partial charge is 0.410 e. The molecule has 1 saturated heterocycles. The first kappa shape index (κ1) is 19.4. The molecule has 1 atom stereocenters. The summed E-state index contributed by atoms with van der Waals surface area (Å²) in [7, 11) is 0. The topological polar surface area (TPSA) is 65.0 Å². The molecule has 6 heteroatoms. The number of rotatable bonds is 4. The Kier molecular flexibility index (Phi) is 6.16. The van der Waals surface area contributed by atoms with Gasteiger partial charge in [0.05, 0.1) is 6.04 Å². The third kappa shape index (κ3) is 5.01. The van der Waals surface area contributed by atoms with E-state index in [1.165, 1.54) is 0 Å². The van der Waals surface area contributed by atoms with Crippen LogP contribution in [-0.2, 0) is 4.74 Å². The largest absolute Gasteiger partial charge is 0.508 e. The van der Waals surface area contributed by atoms with E-state index in [2.05, 4.69) is 24.1 Å². The first-order valence-electron chi connectivity index (χ1n) is 9.04. The summed E-state index contributed by atoms with van der Waals surface area (Å²) < 4.78 is 5.46. The van der Waals surface area contributed by atoms with Crippen LogP contribution in [0, 0.1) is 0 Å². The minimum atomic E-state index is -0.509. The molecule has 1 amide bonds. The molecule has 1 heterocycles. The molecule has 2 N–H and O–H groups in total. The van der Waals surface area contributed by atoms with Gasteiger partial charge in [-0.05, 0) is 40.7 Å². The molecule has 0 aromatic heterocycles. The van der Waals surface area contributed by atoms with Crippen LogP contribution in [0.1, 0.15) is 46.2 Å². The maximum absolute atomic E-state index is 12.3. The summed E-state index contributed by atoms with van der Waals surface area (Å²) in [5.74, 6) is 0.257. The molecule has 1 unspecified atom stereocenters. The highest BCUT2D eigenvalue weighted by Gasteiger charge is 2.29. The quantitative estimate of drug-likeness (QED) is 0.874. The number of aromatic hydroxyl groups is 1. The van der Waals surface area contributed by atoms with Crippen molar-refractivity contribution in [1.82, 2.24) is 10.2 Å². The molecule has 0 bridgehead atoms. The molecular formula is C19H31N3O3. The van der Waals surface area contributed by atoms with E-state index in [4.69, 9.17) is 4.74 Å². The monoisotopic (exact) mass is 349 g/mol. The summed E-state index contributed by atoms with van der Waals surface area (Å²) in [4.78, 5) is 16.2. The van der Waals surface area contributed by atoms with Gasteiger partial charge < -0.3 is 25.0 Å². The number of hydrogen-bond acceptors (Lipinski definition) is 5. The lowest BCUT2D eigenvalue weighted by atomic mass is 10.0. The molecule has 25 heavy (non-hydrogen) atoms. The molecule has 0 aliphatic carbocycles. The second-order valence-electron chi connectivity index (χ2n) is 7.35. The molecular weight excluding hydrogens is 318 g/mol. The molecule has 1 aliphatic rings. The number of anilines is 1. The minimum absolute atomic E-state index is 0.105. The maximum atomic E-state index is 12.3. The average Bonchev–Trinajstić information content (AvgIpc) is 2.55. The Morgan fingerprint density at radius 2 is 2.04 bits per heavy atom. The van der Waals surface area contributed by atoms with Gasteiger partial charge in [-0.25, -0.2) is 4.79 Å². The van der Waals surface area contributed by atoms with Crippen molar-refractivity contribution < 1.29 is 14.6 Å². The number of ether oxygens (including phenoxy) is 1. The zero-order valence-electron chi connectivity index (χ0n) is 16.0. The number of hydrogen-bond donors (Lipinski definition) is 2. The van der Waals surface area contributed by atoms with E-state index >= 15 is 0 Å². The van der Waals surface area contributed by atoms with Crippen LogP contribution in [-0.4, -0.2) is 54.4 Å². The fourth-order valence-corrected chi connectivity index (χ4v) is 3.06. The SMILES string of the molecule is CCN(CC)c1ccc(C2CN(C(=O)OC(C)(C)C)CCN2)c(O)c1. The van der Waals surface area contributed by atoms with Crippen molar-refractivity contribution in [3.8, 4) is 5.75 Å². The van der Waals surface area contributed by atoms with E-state index in [-0.39, 0.29) is 17.9 Å². The zero-order valence-corrected chi connectivity index (χ0v) is 16.0. The number of carbonyl (C=O) groups excluding carboxylic acids is 1. The molecule has 0 spiro atoms. The maximum Gasteiger partial charge on any atom is 0.410 e. The lowest BCUT2D eigenvalue weighted by Crippen LogP contribution is -2.49. The predicted molar refractivity (Wildman–Crippen MR) is 100 cm³/mol. The second-order valence-corrected chi connectivity index (χ2v) is 7.35. The van der Waals surface area contributed by atoms with E-state index in [9.17, 15) is 9.90 Å². The number of piperazine rings is 1. The van der Waals surface area contributed by atoms with Gasteiger partial charge in [-0.3, -0.25) is 0 Å². The van der Waals surface area contributed by atoms with Gasteiger partial charge >= 0.3 is 6.09 Å². The third-order valence-electron chi connectivity index (χ3n) is 4.35. The van der Waals surface area contributed by atoms with E-state index in [0.29, 0.717) is 19.6 Å². The number of amides is 1. The lowest BCUT2D eigenvalue weighted by molar-refractivity contribution is 0.0194. The van der Waals surface area contributed by atoms with E-state index in [0.717, 1.165) is 24.3 Å². The highest BCUT2D eigenvalue weighted by Crippen LogP contribution is 2.31. The van der Waals surface area contributed by atoms with Crippen molar-refractivity contribution in [1.29, 1.82) is 0 Å². The van der Waals surface area contributed by atoms with Crippen molar-refractivity contribution in [2.24, 2.45) is 0 Å². The van der Waals surface area contributed by atoms with E-state index < -0.39 is 5.60 Å². The number of carbonyl (C=O) groups is 1. The van der Waals surface area contributed by atoms with Crippen LogP contribution in [0.4, 0.5) is 10.5 Å². The van der Waals surface area contributed by atoms with Crippen molar-refractivity contribution >= 4 is 11.8 Å². The van der Waals surface area contributed by atoms with Crippen LogP contribution >= 0.6 is 0 Å². The lowest BCUT2D eigenvalue weighted by Gasteiger charge is -2.35. The summed E-state index contributed by atoms with van der Waals surface area (Å²) in [6.45, 7) is 13.3. The highest BCUT2D eigenvalue weighted by molar-refractivity contribution is 5.68. The van der Waals surface area contributed by atoms with Crippen molar-refractivity contribution in [2.75, 3.05) is 37.6 Å². The van der Waals surface area contributed by atoms with Crippen molar-refractivity contribution in [3.05, 3.63) is 23.8 Å². The molecule has 6 nitrogen and oxygen atoms in total. The molecule has 0 saturated carbocycles. The van der Waals surface area contributed by atoms with Gasteiger partial charge in [-0.15, -0.1) is 0 Å². The normalized spacial score (nSPS) is 18.1. The number of benzene rings is 1. The van der Waals surface area contributed by atoms with Gasteiger partial charge in [0.15, 0.2) is 0 Å². The Morgan fingerprint density at radius 3 is 2.60 bits per heavy atom. The summed E-state index contributed by atoms with van der Waals surface area (Å²) in [6, 6.07) is 5.67. The molecule has 1 aliphatic heterocycles. The van der Waals surface area contributed by atoms with Crippen molar-refractivity contribution in [2.45, 2.75) is 46.3 Å². The molecule has 1 fully saturated rings. The van der Waals surface area contributed by atoms with Gasteiger partial charge in [0.25, 0.3) is 0 Å². The first-order chi connectivity index (χ1) is 11.7. The Morgan fingerprint density at radius 1 is 1.36 bits per heavy atom. The predicted octanol–water partition coefficient (Wildman–Crippen LogP) is 3.12. The molecule has 0 radical (unpaired) electrons. The Hall–Kier alpha value is -1.95. The summed E-state index contributed by atoms with van der Waals surface area (Å²) in [6.07, 6.45) is -0.307. The first-order valence-corrected chi connectivity index (χ1v) is 9.04. The zero-order chi connectivity index (χ0) is 18.6. The van der Waals surface area contributed by atoms with Crippen LogP contribution in [0.25, 0.3) is 0 Å². The fraction of sp³-hybridized carbons (Fsp3) is 0.632. The molecule has 140 valence electrons. The highest BCUT2D eigenvalue weighted by atomic mass is 16.6. The van der Waals surface area contributed by atoms with Gasteiger partial charge in [0.2, 0.25) is 0 Å². The number of phenolic OH excluding ortho intramolecular Hbond substituents is 1. The standard InChI is InChI=1S/C19H31N3O3/c1-6-21(7-2)14-8-9-15(17(23)12-14)16-13-22(11-10-20-16)18(24)25-19(3,4)5/h8-9,12,16,20,23H,6-7,10-11,13H2,1-5H3. The number of nitrogens with one attached hydrogen (secondary N) is 1. The fourth-order valence-electron chi connectivity index (χ4n) is 3.06. The van der Waals surface area contributed by atoms with E-state index in [1.807, 2.05) is 32.9 Å². The Labute approximate surface area is 150 Å². The van der Waals surface area contributed by atoms with Crippen molar-refractivity contribution in [3.63, 3.8) is 0 Å². The number of nitrogens with zero attached hydrogens (tertiary/aromatic N) is 2. The van der Waals surface area contributed by atoms with Gasteiger partial charge in [-0.1, -0.05) is 6.07 Å². The average molecular weight is 349 g/mol. The van der Waals surface area contributed by atoms with Crippen LogP contribution in [0.3, 0.4) is 0 Å². The minimum Gasteiger partial charge on any atom is -0.508 e. The van der Waals surface area contributed by atoms with Crippen LogP contribution in [0.2, 0.25) is 0 Å². The molecule has 1 aromatic rings. The van der Waals surface area contributed by atoms with E-state index in [1.54, 1.807) is 11.0 Å². The molecule has 2 rings (SSSR count). The second kappa shape index (κ2) is 7.95. The summed E-state index contributed by atoms with van der Waals surface area (Å²) >= 11 is 0. The molecule has 1 aromatic carbocycles. The van der Waals surface area contributed by atoms with Gasteiger partial charge in [-0.2, -0.15) is 0 Å². The Balaban J connectivity index is 2.12. The summed E-state index contributed by atoms with van der Waals surface area (Å²) in [5, 5.41) is 13.9.